The number of hydrogen-bond donors (Lipinski definition) is 2. The Kier molecular flexibility index (Phi) is 6.19. The Balaban J connectivity index is 1.45. The van der Waals surface area contributed by atoms with Gasteiger partial charge < -0.3 is 10.1 Å². The van der Waals surface area contributed by atoms with Crippen molar-refractivity contribution >= 4 is 23.8 Å². The van der Waals surface area contributed by atoms with E-state index in [-0.39, 0.29) is 17.3 Å². The first-order valence-electron chi connectivity index (χ1n) is 10.8. The highest BCUT2D eigenvalue weighted by Crippen LogP contribution is 2.40. The van der Waals surface area contributed by atoms with E-state index in [4.69, 9.17) is 4.74 Å². The molecule has 2 saturated carbocycles. The van der Waals surface area contributed by atoms with Crippen molar-refractivity contribution in [3.05, 3.63) is 0 Å². The van der Waals surface area contributed by atoms with Crippen molar-refractivity contribution in [2.24, 2.45) is 17.3 Å². The zero-order chi connectivity index (χ0) is 21.2. The predicted octanol–water partition coefficient (Wildman–Crippen LogP) is 2.67. The smallest absolute Gasteiger partial charge is 0.344 e. The summed E-state index contributed by atoms with van der Waals surface area (Å²) in [5, 5.41) is 3.45. The Hall–Kier alpha value is -2.12. The lowest BCUT2D eigenvalue weighted by molar-refractivity contribution is -0.155. The number of urea groups is 1. The lowest BCUT2D eigenvalue weighted by atomic mass is 9.70. The molecular formula is C21H33N3O5. The Labute approximate surface area is 172 Å². The highest BCUT2D eigenvalue weighted by atomic mass is 16.5. The minimum atomic E-state index is -0.898. The fraction of sp³-hybridized carbons (Fsp3) is 0.810. The number of carbonyl (C=O) groups is 4. The van der Waals surface area contributed by atoms with Crippen LogP contribution in [0.5, 0.6) is 0 Å². The largest absolute Gasteiger partial charge is 0.455 e. The highest BCUT2D eigenvalue weighted by molar-refractivity contribution is 6.08. The number of nitrogens with one attached hydrogen (secondary N) is 2. The van der Waals surface area contributed by atoms with Gasteiger partial charge in [0.05, 0.1) is 5.92 Å². The molecule has 3 aliphatic rings. The summed E-state index contributed by atoms with van der Waals surface area (Å²) in [6.07, 6.45) is 7.39. The van der Waals surface area contributed by atoms with E-state index < -0.39 is 30.0 Å². The van der Waals surface area contributed by atoms with E-state index in [1.807, 2.05) is 0 Å². The molecule has 1 heterocycles. The van der Waals surface area contributed by atoms with E-state index in [1.54, 1.807) is 0 Å². The SMILES string of the molecule is CC(C)(C)C1CCC(C(=O)OCC(=O)NN2C(=O)NC3(CCCCC3)C2=O)CC1. The lowest BCUT2D eigenvalue weighted by Crippen LogP contribution is -2.51. The predicted molar refractivity (Wildman–Crippen MR) is 105 cm³/mol. The van der Waals surface area contributed by atoms with Crippen molar-refractivity contribution in [1.82, 2.24) is 15.8 Å². The summed E-state index contributed by atoms with van der Waals surface area (Å²) in [4.78, 5) is 49.3. The Bertz CT molecular complexity index is 670. The summed E-state index contributed by atoms with van der Waals surface area (Å²) in [5.41, 5.74) is 1.62. The summed E-state index contributed by atoms with van der Waals surface area (Å²) < 4.78 is 5.16. The molecule has 0 aromatic carbocycles. The Morgan fingerprint density at radius 1 is 1.10 bits per heavy atom. The molecule has 1 spiro atoms. The van der Waals surface area contributed by atoms with Gasteiger partial charge in [0.15, 0.2) is 6.61 Å². The molecule has 0 bridgehead atoms. The highest BCUT2D eigenvalue weighted by Gasteiger charge is 2.52. The zero-order valence-electron chi connectivity index (χ0n) is 17.7. The van der Waals surface area contributed by atoms with Gasteiger partial charge in [-0.15, -0.1) is 0 Å². The summed E-state index contributed by atoms with van der Waals surface area (Å²) in [6, 6.07) is -0.628. The number of nitrogens with zero attached hydrogens (tertiary/aromatic N) is 1. The van der Waals surface area contributed by atoms with Crippen LogP contribution in [-0.4, -0.2) is 41.0 Å². The molecule has 0 atom stereocenters. The van der Waals surface area contributed by atoms with Gasteiger partial charge in [0.25, 0.3) is 11.8 Å². The fourth-order valence-corrected chi connectivity index (χ4v) is 4.82. The van der Waals surface area contributed by atoms with Gasteiger partial charge in [-0.3, -0.25) is 19.8 Å². The van der Waals surface area contributed by atoms with Gasteiger partial charge in [-0.05, 0) is 49.9 Å². The summed E-state index contributed by atoms with van der Waals surface area (Å²) in [5.74, 6) is -1.10. The molecular weight excluding hydrogens is 374 g/mol. The maximum atomic E-state index is 12.6. The van der Waals surface area contributed by atoms with Gasteiger partial charge in [0, 0.05) is 0 Å². The third kappa shape index (κ3) is 4.73. The number of hydrazine groups is 1. The fourth-order valence-electron chi connectivity index (χ4n) is 4.82. The van der Waals surface area contributed by atoms with Crippen molar-refractivity contribution in [2.45, 2.75) is 84.1 Å². The van der Waals surface area contributed by atoms with Gasteiger partial charge in [0.1, 0.15) is 5.54 Å². The Morgan fingerprint density at radius 3 is 2.31 bits per heavy atom. The van der Waals surface area contributed by atoms with Crippen LogP contribution in [0.15, 0.2) is 0 Å². The minimum Gasteiger partial charge on any atom is -0.455 e. The molecule has 0 aromatic rings. The molecule has 1 aliphatic heterocycles. The van der Waals surface area contributed by atoms with Crippen LogP contribution in [-0.2, 0) is 19.1 Å². The number of hydrogen-bond acceptors (Lipinski definition) is 5. The first kappa shape index (κ1) is 21.6. The second-order valence-corrected chi connectivity index (χ2v) is 9.77. The molecule has 4 amide bonds. The van der Waals surface area contributed by atoms with E-state index in [0.29, 0.717) is 18.8 Å². The lowest BCUT2D eigenvalue weighted by Gasteiger charge is -2.36. The second kappa shape index (κ2) is 8.32. The topological polar surface area (TPSA) is 105 Å². The molecule has 162 valence electrons. The average Bonchev–Trinajstić information content (AvgIpc) is 2.90. The number of imide groups is 1. The molecule has 1 saturated heterocycles. The molecule has 8 nitrogen and oxygen atoms in total. The molecule has 0 aromatic heterocycles. The first-order valence-corrected chi connectivity index (χ1v) is 10.8. The summed E-state index contributed by atoms with van der Waals surface area (Å²) in [6.45, 7) is 6.15. The van der Waals surface area contributed by atoms with Gasteiger partial charge >= 0.3 is 12.0 Å². The van der Waals surface area contributed by atoms with Crippen LogP contribution < -0.4 is 10.7 Å². The number of carbonyl (C=O) groups excluding carboxylic acids is 4. The van der Waals surface area contributed by atoms with E-state index in [0.717, 1.165) is 50.0 Å². The van der Waals surface area contributed by atoms with Gasteiger partial charge in [0.2, 0.25) is 0 Å². The quantitative estimate of drug-likeness (QED) is 0.551. The molecule has 2 aliphatic carbocycles. The van der Waals surface area contributed by atoms with Crippen LogP contribution >= 0.6 is 0 Å². The maximum absolute atomic E-state index is 12.6. The van der Waals surface area contributed by atoms with Crippen molar-refractivity contribution in [3.63, 3.8) is 0 Å². The standard InChI is InChI=1S/C21H33N3O5/c1-20(2,3)15-9-7-14(8-10-15)17(26)29-13-16(25)23-24-18(27)21(22-19(24)28)11-5-4-6-12-21/h14-15H,4-13H2,1-3H3,(H,22,28)(H,23,25). The van der Waals surface area contributed by atoms with E-state index >= 15 is 0 Å². The number of ether oxygens (including phenoxy) is 1. The summed E-state index contributed by atoms with van der Waals surface area (Å²) in [7, 11) is 0. The van der Waals surface area contributed by atoms with Crippen molar-refractivity contribution in [3.8, 4) is 0 Å². The maximum Gasteiger partial charge on any atom is 0.344 e. The number of amides is 4. The van der Waals surface area contributed by atoms with Crippen molar-refractivity contribution < 1.29 is 23.9 Å². The third-order valence-electron chi connectivity index (χ3n) is 6.74. The van der Waals surface area contributed by atoms with Gasteiger partial charge in [-0.25, -0.2) is 4.79 Å². The van der Waals surface area contributed by atoms with E-state index in [2.05, 4.69) is 31.5 Å². The molecule has 3 rings (SSSR count). The van der Waals surface area contributed by atoms with E-state index in [1.165, 1.54) is 0 Å². The first-order chi connectivity index (χ1) is 13.6. The molecule has 3 fully saturated rings. The van der Waals surface area contributed by atoms with Crippen molar-refractivity contribution in [2.75, 3.05) is 6.61 Å². The second-order valence-electron chi connectivity index (χ2n) is 9.77. The molecule has 29 heavy (non-hydrogen) atoms. The Morgan fingerprint density at radius 2 is 1.72 bits per heavy atom. The zero-order valence-corrected chi connectivity index (χ0v) is 17.7. The van der Waals surface area contributed by atoms with Gasteiger partial charge in [-0.2, -0.15) is 5.01 Å². The molecule has 0 unspecified atom stereocenters. The minimum absolute atomic E-state index is 0.191. The summed E-state index contributed by atoms with van der Waals surface area (Å²) >= 11 is 0. The number of rotatable bonds is 4. The van der Waals surface area contributed by atoms with E-state index in [9.17, 15) is 19.2 Å². The van der Waals surface area contributed by atoms with Crippen LogP contribution in [0.4, 0.5) is 4.79 Å². The normalized spacial score (nSPS) is 26.9. The molecule has 8 heteroatoms. The monoisotopic (exact) mass is 407 g/mol. The van der Waals surface area contributed by atoms with Crippen LogP contribution in [0.25, 0.3) is 0 Å². The molecule has 0 radical (unpaired) electrons. The van der Waals surface area contributed by atoms with Crippen LogP contribution in [0.3, 0.4) is 0 Å². The average molecular weight is 408 g/mol. The van der Waals surface area contributed by atoms with Crippen LogP contribution in [0.2, 0.25) is 0 Å². The van der Waals surface area contributed by atoms with Crippen LogP contribution in [0.1, 0.15) is 78.6 Å². The molecule has 2 N–H and O–H groups in total. The van der Waals surface area contributed by atoms with Crippen molar-refractivity contribution in [1.29, 1.82) is 0 Å². The van der Waals surface area contributed by atoms with Crippen LogP contribution in [0, 0.1) is 17.3 Å². The third-order valence-corrected chi connectivity index (χ3v) is 6.74. The van der Waals surface area contributed by atoms with Gasteiger partial charge in [-0.1, -0.05) is 40.0 Å². The number of esters is 1.